The van der Waals surface area contributed by atoms with E-state index in [4.69, 9.17) is 4.98 Å². The average molecular weight is 372 g/mol. The summed E-state index contributed by atoms with van der Waals surface area (Å²) in [4.78, 5) is 9.92. The summed E-state index contributed by atoms with van der Waals surface area (Å²) in [6.45, 7) is 14.3. The van der Waals surface area contributed by atoms with Crippen molar-refractivity contribution in [3.8, 4) is 0 Å². The molecule has 0 aliphatic carbocycles. The van der Waals surface area contributed by atoms with E-state index < -0.39 is 0 Å². The molecule has 126 valence electrons. The molecule has 2 rings (SSSR count). The molecule has 5 nitrogen and oxygen atoms in total. The second kappa shape index (κ2) is 6.99. The van der Waals surface area contributed by atoms with Crippen LogP contribution < -0.4 is 5.32 Å². The minimum absolute atomic E-state index is 0.257. The number of likely N-dealkylation sites (N-methyl/N-ethyl adjacent to an activating group) is 1. The predicted octanol–water partition coefficient (Wildman–Crippen LogP) is 2.17. The van der Waals surface area contributed by atoms with Gasteiger partial charge in [-0.2, -0.15) is 0 Å². The van der Waals surface area contributed by atoms with E-state index in [0.717, 1.165) is 48.8 Å². The van der Waals surface area contributed by atoms with Crippen LogP contribution in [0.3, 0.4) is 0 Å². The summed E-state index contributed by atoms with van der Waals surface area (Å²) < 4.78 is 3.21. The molecule has 0 radical (unpaired) electrons. The largest absolute Gasteiger partial charge is 0.326 e. The first-order valence-corrected chi connectivity index (χ1v) is 8.87. The molecule has 1 aromatic heterocycles. The molecule has 1 aliphatic heterocycles. The van der Waals surface area contributed by atoms with Gasteiger partial charge in [0.25, 0.3) is 0 Å². The van der Waals surface area contributed by atoms with E-state index in [1.54, 1.807) is 0 Å². The number of imidazole rings is 1. The lowest BCUT2D eigenvalue weighted by Crippen LogP contribution is -2.54. The van der Waals surface area contributed by atoms with E-state index in [1.165, 1.54) is 0 Å². The predicted molar refractivity (Wildman–Crippen MR) is 95.2 cm³/mol. The molecule has 1 saturated heterocycles. The van der Waals surface area contributed by atoms with Crippen LogP contribution in [0.25, 0.3) is 0 Å². The van der Waals surface area contributed by atoms with Gasteiger partial charge in [0.2, 0.25) is 0 Å². The number of hydrogen-bond donors (Lipinski definition) is 1. The lowest BCUT2D eigenvalue weighted by Gasteiger charge is -2.44. The Balaban J connectivity index is 2.14. The fourth-order valence-electron chi connectivity index (χ4n) is 3.12. The zero-order valence-corrected chi connectivity index (χ0v) is 16.4. The highest BCUT2D eigenvalue weighted by atomic mass is 79.9. The van der Waals surface area contributed by atoms with Gasteiger partial charge >= 0.3 is 0 Å². The van der Waals surface area contributed by atoms with Gasteiger partial charge in [0.15, 0.2) is 0 Å². The van der Waals surface area contributed by atoms with E-state index in [-0.39, 0.29) is 5.54 Å². The third-order valence-corrected chi connectivity index (χ3v) is 5.63. The van der Waals surface area contributed by atoms with Gasteiger partial charge in [-0.15, -0.1) is 0 Å². The minimum Gasteiger partial charge on any atom is -0.326 e. The zero-order chi connectivity index (χ0) is 16.5. The van der Waals surface area contributed by atoms with Gasteiger partial charge in [-0.1, -0.05) is 0 Å². The average Bonchev–Trinajstić information content (AvgIpc) is 2.72. The first-order valence-electron chi connectivity index (χ1n) is 8.08. The second-order valence-electron chi connectivity index (χ2n) is 7.16. The van der Waals surface area contributed by atoms with Gasteiger partial charge in [-0.3, -0.25) is 9.80 Å². The molecule has 1 fully saturated rings. The van der Waals surface area contributed by atoms with Gasteiger partial charge in [-0.05, 0) is 50.7 Å². The molecule has 0 saturated carbocycles. The number of aryl methyl sites for hydroxylation is 1. The van der Waals surface area contributed by atoms with Gasteiger partial charge < -0.3 is 9.88 Å². The summed E-state index contributed by atoms with van der Waals surface area (Å²) in [5, 5.41) is 3.34. The first kappa shape index (κ1) is 17.9. The van der Waals surface area contributed by atoms with E-state index in [1.807, 2.05) is 7.05 Å². The van der Waals surface area contributed by atoms with Crippen LogP contribution in [0.15, 0.2) is 4.60 Å². The Kier molecular flexibility index (Phi) is 5.69. The third kappa shape index (κ3) is 3.72. The zero-order valence-electron chi connectivity index (χ0n) is 14.8. The van der Waals surface area contributed by atoms with Crippen LogP contribution in [0, 0.1) is 6.92 Å². The standard InChI is InChI=1S/C16H30BrN5/c1-12-19-14(15(17)20(12)6)13(11-18-5)21-7-9-22(10-8-21)16(2,3)4/h13,18H,7-11H2,1-6H3. The van der Waals surface area contributed by atoms with E-state index in [9.17, 15) is 0 Å². The van der Waals surface area contributed by atoms with Crippen molar-refractivity contribution in [3.05, 3.63) is 16.1 Å². The monoisotopic (exact) mass is 371 g/mol. The molecule has 1 atom stereocenters. The van der Waals surface area contributed by atoms with Gasteiger partial charge in [0.1, 0.15) is 10.4 Å². The molecule has 6 heteroatoms. The van der Waals surface area contributed by atoms with Crippen LogP contribution in [0.4, 0.5) is 0 Å². The normalized spacial score (nSPS) is 19.6. The Hall–Kier alpha value is -0.430. The molecule has 2 heterocycles. The minimum atomic E-state index is 0.257. The smallest absolute Gasteiger partial charge is 0.109 e. The number of piperazine rings is 1. The number of hydrogen-bond acceptors (Lipinski definition) is 4. The van der Waals surface area contributed by atoms with Crippen LogP contribution in [-0.2, 0) is 7.05 Å². The van der Waals surface area contributed by atoms with Crippen LogP contribution >= 0.6 is 15.9 Å². The topological polar surface area (TPSA) is 36.3 Å². The van der Waals surface area contributed by atoms with Crippen LogP contribution in [0.5, 0.6) is 0 Å². The number of aromatic nitrogens is 2. The van der Waals surface area contributed by atoms with E-state index in [0.29, 0.717) is 6.04 Å². The highest BCUT2D eigenvalue weighted by Crippen LogP contribution is 2.29. The number of nitrogens with one attached hydrogen (secondary N) is 1. The summed E-state index contributed by atoms with van der Waals surface area (Å²) in [6.07, 6.45) is 0. The van der Waals surface area contributed by atoms with Crippen molar-refractivity contribution in [2.75, 3.05) is 39.8 Å². The maximum absolute atomic E-state index is 4.79. The Bertz CT molecular complexity index is 497. The number of halogens is 1. The molecular formula is C16H30BrN5. The maximum atomic E-state index is 4.79. The van der Waals surface area contributed by atoms with Gasteiger partial charge in [-0.25, -0.2) is 4.98 Å². The Labute approximate surface area is 143 Å². The quantitative estimate of drug-likeness (QED) is 0.879. The summed E-state index contributed by atoms with van der Waals surface area (Å²) in [6, 6.07) is 0.321. The summed E-state index contributed by atoms with van der Waals surface area (Å²) in [7, 11) is 4.08. The molecule has 0 spiro atoms. The van der Waals surface area contributed by atoms with Crippen LogP contribution in [0.1, 0.15) is 38.3 Å². The highest BCUT2D eigenvalue weighted by Gasteiger charge is 2.31. The Morgan fingerprint density at radius 3 is 2.23 bits per heavy atom. The SMILES string of the molecule is CNCC(c1nc(C)n(C)c1Br)N1CCN(C(C)(C)C)CC1. The molecule has 0 amide bonds. The lowest BCUT2D eigenvalue weighted by molar-refractivity contribution is 0.0409. The number of nitrogens with zero attached hydrogens (tertiary/aromatic N) is 4. The molecular weight excluding hydrogens is 342 g/mol. The second-order valence-corrected chi connectivity index (χ2v) is 7.91. The Morgan fingerprint density at radius 1 is 1.23 bits per heavy atom. The molecule has 0 bridgehead atoms. The van der Waals surface area contributed by atoms with Crippen molar-refractivity contribution in [1.82, 2.24) is 24.7 Å². The van der Waals surface area contributed by atoms with Crippen LogP contribution in [-0.4, -0.2) is 64.7 Å². The molecule has 0 aromatic carbocycles. The summed E-state index contributed by atoms with van der Waals surface area (Å²) in [5.41, 5.74) is 1.41. The summed E-state index contributed by atoms with van der Waals surface area (Å²) >= 11 is 3.72. The van der Waals surface area contributed by atoms with Gasteiger partial charge in [0, 0.05) is 45.3 Å². The lowest BCUT2D eigenvalue weighted by atomic mass is 10.0. The number of rotatable bonds is 4. The van der Waals surface area contributed by atoms with E-state index >= 15 is 0 Å². The fourth-order valence-corrected chi connectivity index (χ4v) is 3.73. The van der Waals surface area contributed by atoms with Crippen molar-refractivity contribution >= 4 is 15.9 Å². The molecule has 1 aromatic rings. The fraction of sp³-hybridized carbons (Fsp3) is 0.812. The summed E-state index contributed by atoms with van der Waals surface area (Å²) in [5.74, 6) is 1.05. The third-order valence-electron chi connectivity index (χ3n) is 4.69. The van der Waals surface area contributed by atoms with Crippen molar-refractivity contribution in [1.29, 1.82) is 0 Å². The van der Waals surface area contributed by atoms with Crippen molar-refractivity contribution in [3.63, 3.8) is 0 Å². The molecule has 1 N–H and O–H groups in total. The van der Waals surface area contributed by atoms with Crippen molar-refractivity contribution in [2.24, 2.45) is 7.05 Å². The maximum Gasteiger partial charge on any atom is 0.109 e. The Morgan fingerprint density at radius 2 is 1.82 bits per heavy atom. The molecule has 22 heavy (non-hydrogen) atoms. The highest BCUT2D eigenvalue weighted by molar-refractivity contribution is 9.10. The van der Waals surface area contributed by atoms with Crippen molar-refractivity contribution in [2.45, 2.75) is 39.3 Å². The van der Waals surface area contributed by atoms with E-state index in [2.05, 4.69) is 70.4 Å². The first-order chi connectivity index (χ1) is 10.3. The molecule has 1 aliphatic rings. The van der Waals surface area contributed by atoms with Gasteiger partial charge in [0.05, 0.1) is 11.7 Å². The van der Waals surface area contributed by atoms with Crippen LogP contribution in [0.2, 0.25) is 0 Å². The van der Waals surface area contributed by atoms with Crippen molar-refractivity contribution < 1.29 is 0 Å². The molecule has 1 unspecified atom stereocenters.